The summed E-state index contributed by atoms with van der Waals surface area (Å²) in [7, 11) is 0. The van der Waals surface area contributed by atoms with Crippen LogP contribution in [0.5, 0.6) is 0 Å². The van der Waals surface area contributed by atoms with Crippen LogP contribution in [0.25, 0.3) is 0 Å². The fourth-order valence-electron chi connectivity index (χ4n) is 4.89. The molecule has 5 unspecified atom stereocenters. The average Bonchev–Trinajstić information content (AvgIpc) is 2.63. The summed E-state index contributed by atoms with van der Waals surface area (Å²) < 4.78 is 0. The van der Waals surface area contributed by atoms with Gasteiger partial charge < -0.3 is 5.32 Å². The van der Waals surface area contributed by atoms with Gasteiger partial charge in [-0.2, -0.15) is 0 Å². The van der Waals surface area contributed by atoms with Gasteiger partial charge in [-0.15, -0.1) is 0 Å². The number of hydrogen-bond acceptors (Lipinski definition) is 2. The molecule has 20 heavy (non-hydrogen) atoms. The highest BCUT2D eigenvalue weighted by molar-refractivity contribution is 4.96. The first kappa shape index (κ1) is 16.3. The molecule has 0 aromatic heterocycles. The van der Waals surface area contributed by atoms with Crippen LogP contribution in [0.15, 0.2) is 0 Å². The molecular formula is C18H36N2. The Bertz CT molecular complexity index is 279. The number of rotatable bonds is 4. The van der Waals surface area contributed by atoms with E-state index in [1.54, 1.807) is 0 Å². The Morgan fingerprint density at radius 1 is 1.05 bits per heavy atom. The van der Waals surface area contributed by atoms with Gasteiger partial charge in [-0.1, -0.05) is 40.5 Å². The summed E-state index contributed by atoms with van der Waals surface area (Å²) >= 11 is 0. The molecule has 2 aliphatic rings. The first-order chi connectivity index (χ1) is 9.67. The highest BCUT2D eigenvalue weighted by Crippen LogP contribution is 2.35. The lowest BCUT2D eigenvalue weighted by Crippen LogP contribution is -2.59. The standard InChI is InChI=1S/C18H36N2/c1-5-16-10-8-7-9-11-20(16)18-15(4)12-14(3)13-17(18)19-6-2/h14-19H,5-13H2,1-4H3. The summed E-state index contributed by atoms with van der Waals surface area (Å²) in [5.41, 5.74) is 0. The normalized spacial score (nSPS) is 40.5. The zero-order valence-electron chi connectivity index (χ0n) is 14.2. The molecule has 2 heteroatoms. The van der Waals surface area contributed by atoms with E-state index in [2.05, 4.69) is 37.9 Å². The SMILES string of the molecule is CCNC1CC(C)CC(C)C1N1CCCCCC1CC. The summed E-state index contributed by atoms with van der Waals surface area (Å²) in [4.78, 5) is 2.91. The molecule has 0 bridgehead atoms. The smallest absolute Gasteiger partial charge is 0.0278 e. The molecule has 0 spiro atoms. The van der Waals surface area contributed by atoms with Crippen molar-refractivity contribution in [3.63, 3.8) is 0 Å². The fraction of sp³-hybridized carbons (Fsp3) is 1.00. The molecule has 0 amide bonds. The van der Waals surface area contributed by atoms with Crippen molar-refractivity contribution in [1.29, 1.82) is 0 Å². The highest BCUT2D eigenvalue weighted by atomic mass is 15.2. The predicted octanol–water partition coefficient (Wildman–Crippen LogP) is 4.05. The van der Waals surface area contributed by atoms with Crippen LogP contribution in [0.3, 0.4) is 0 Å². The van der Waals surface area contributed by atoms with E-state index in [0.29, 0.717) is 6.04 Å². The van der Waals surface area contributed by atoms with Gasteiger partial charge in [-0.3, -0.25) is 4.90 Å². The molecule has 1 N–H and O–H groups in total. The molecule has 1 saturated carbocycles. The molecule has 0 aromatic rings. The summed E-state index contributed by atoms with van der Waals surface area (Å²) in [6.45, 7) is 12.1. The van der Waals surface area contributed by atoms with Gasteiger partial charge in [-0.25, -0.2) is 0 Å². The van der Waals surface area contributed by atoms with Crippen molar-refractivity contribution < 1.29 is 0 Å². The Morgan fingerprint density at radius 3 is 2.55 bits per heavy atom. The number of likely N-dealkylation sites (N-methyl/N-ethyl adjacent to an activating group) is 1. The van der Waals surface area contributed by atoms with Crippen LogP contribution in [0.4, 0.5) is 0 Å². The molecule has 0 radical (unpaired) electrons. The lowest BCUT2D eigenvalue weighted by Gasteiger charge is -2.48. The van der Waals surface area contributed by atoms with E-state index in [1.807, 2.05) is 0 Å². The van der Waals surface area contributed by atoms with Gasteiger partial charge in [0.05, 0.1) is 0 Å². The van der Waals surface area contributed by atoms with Crippen LogP contribution in [-0.2, 0) is 0 Å². The quantitative estimate of drug-likeness (QED) is 0.835. The van der Waals surface area contributed by atoms with E-state index in [1.165, 1.54) is 51.5 Å². The molecule has 1 saturated heterocycles. The maximum atomic E-state index is 3.82. The molecule has 2 rings (SSSR count). The zero-order chi connectivity index (χ0) is 14.5. The zero-order valence-corrected chi connectivity index (χ0v) is 14.2. The second-order valence-corrected chi connectivity index (χ2v) is 7.36. The van der Waals surface area contributed by atoms with Crippen LogP contribution in [0.1, 0.15) is 72.6 Å². The lowest BCUT2D eigenvalue weighted by molar-refractivity contribution is 0.0306. The van der Waals surface area contributed by atoms with E-state index < -0.39 is 0 Å². The third kappa shape index (κ3) is 3.76. The lowest BCUT2D eigenvalue weighted by atomic mass is 9.75. The van der Waals surface area contributed by atoms with E-state index in [4.69, 9.17) is 0 Å². The Kier molecular flexibility index (Phi) is 6.35. The van der Waals surface area contributed by atoms with Gasteiger partial charge in [-0.05, 0) is 57.0 Å². The molecular weight excluding hydrogens is 244 g/mol. The first-order valence-electron chi connectivity index (χ1n) is 9.16. The van der Waals surface area contributed by atoms with Crippen molar-refractivity contribution in [2.45, 2.75) is 90.8 Å². The van der Waals surface area contributed by atoms with Crippen molar-refractivity contribution in [2.75, 3.05) is 13.1 Å². The Morgan fingerprint density at radius 2 is 1.85 bits per heavy atom. The molecule has 0 aromatic carbocycles. The topological polar surface area (TPSA) is 15.3 Å². The van der Waals surface area contributed by atoms with Gasteiger partial charge in [0.15, 0.2) is 0 Å². The second-order valence-electron chi connectivity index (χ2n) is 7.36. The van der Waals surface area contributed by atoms with Gasteiger partial charge >= 0.3 is 0 Å². The number of hydrogen-bond donors (Lipinski definition) is 1. The van der Waals surface area contributed by atoms with Gasteiger partial charge in [0.25, 0.3) is 0 Å². The van der Waals surface area contributed by atoms with E-state index in [0.717, 1.165) is 30.5 Å². The minimum Gasteiger partial charge on any atom is -0.313 e. The first-order valence-corrected chi connectivity index (χ1v) is 9.16. The van der Waals surface area contributed by atoms with E-state index in [-0.39, 0.29) is 0 Å². The van der Waals surface area contributed by atoms with Gasteiger partial charge in [0.2, 0.25) is 0 Å². The summed E-state index contributed by atoms with van der Waals surface area (Å²) in [5, 5.41) is 3.82. The monoisotopic (exact) mass is 280 g/mol. The number of likely N-dealkylation sites (tertiary alicyclic amines) is 1. The highest BCUT2D eigenvalue weighted by Gasteiger charge is 2.39. The minimum atomic E-state index is 0.714. The third-order valence-corrected chi connectivity index (χ3v) is 5.67. The van der Waals surface area contributed by atoms with Crippen molar-refractivity contribution in [3.8, 4) is 0 Å². The van der Waals surface area contributed by atoms with Crippen LogP contribution in [0, 0.1) is 11.8 Å². The molecule has 2 nitrogen and oxygen atoms in total. The second kappa shape index (κ2) is 7.79. The van der Waals surface area contributed by atoms with Crippen LogP contribution in [0.2, 0.25) is 0 Å². The number of nitrogens with zero attached hydrogens (tertiary/aromatic N) is 1. The largest absolute Gasteiger partial charge is 0.313 e. The van der Waals surface area contributed by atoms with Crippen molar-refractivity contribution in [1.82, 2.24) is 10.2 Å². The molecule has 118 valence electrons. The van der Waals surface area contributed by atoms with E-state index >= 15 is 0 Å². The molecule has 1 heterocycles. The van der Waals surface area contributed by atoms with Crippen LogP contribution in [-0.4, -0.2) is 36.1 Å². The molecule has 1 aliphatic heterocycles. The number of nitrogens with one attached hydrogen (secondary N) is 1. The molecule has 2 fully saturated rings. The fourth-order valence-corrected chi connectivity index (χ4v) is 4.89. The minimum absolute atomic E-state index is 0.714. The summed E-state index contributed by atoms with van der Waals surface area (Å²) in [5.74, 6) is 1.73. The maximum Gasteiger partial charge on any atom is 0.0278 e. The van der Waals surface area contributed by atoms with Crippen LogP contribution < -0.4 is 5.32 Å². The van der Waals surface area contributed by atoms with Crippen molar-refractivity contribution in [2.24, 2.45) is 11.8 Å². The van der Waals surface area contributed by atoms with Gasteiger partial charge in [0, 0.05) is 18.1 Å². The summed E-state index contributed by atoms with van der Waals surface area (Å²) in [6, 6.07) is 2.32. The Hall–Kier alpha value is -0.0800. The van der Waals surface area contributed by atoms with Crippen LogP contribution >= 0.6 is 0 Å². The van der Waals surface area contributed by atoms with E-state index in [9.17, 15) is 0 Å². The molecule has 1 aliphatic carbocycles. The van der Waals surface area contributed by atoms with Crippen molar-refractivity contribution >= 4 is 0 Å². The Balaban J connectivity index is 2.15. The maximum absolute atomic E-state index is 3.82. The molecule has 5 atom stereocenters. The Labute approximate surface area is 126 Å². The van der Waals surface area contributed by atoms with Gasteiger partial charge in [0.1, 0.15) is 0 Å². The predicted molar refractivity (Wildman–Crippen MR) is 88.1 cm³/mol. The van der Waals surface area contributed by atoms with Crippen molar-refractivity contribution in [3.05, 3.63) is 0 Å². The third-order valence-electron chi connectivity index (χ3n) is 5.67. The summed E-state index contributed by atoms with van der Waals surface area (Å²) in [6.07, 6.45) is 9.84. The average molecular weight is 280 g/mol.